The van der Waals surface area contributed by atoms with Crippen molar-refractivity contribution < 1.29 is 14.6 Å². The van der Waals surface area contributed by atoms with Crippen LogP contribution in [0.4, 0.5) is 4.79 Å². The van der Waals surface area contributed by atoms with Crippen LogP contribution in [-0.2, 0) is 4.74 Å². The molecule has 1 rings (SSSR count). The number of ether oxygens (including phenoxy) is 1. The highest BCUT2D eigenvalue weighted by Crippen LogP contribution is 2.21. The molecule has 5 heteroatoms. The fourth-order valence-corrected chi connectivity index (χ4v) is 2.11. The van der Waals surface area contributed by atoms with Crippen molar-refractivity contribution in [2.75, 3.05) is 13.1 Å². The van der Waals surface area contributed by atoms with E-state index in [0.717, 1.165) is 6.42 Å². The topological polar surface area (TPSA) is 61.8 Å². The Morgan fingerprint density at radius 2 is 2.17 bits per heavy atom. The number of amides is 1. The van der Waals surface area contributed by atoms with Gasteiger partial charge in [0.2, 0.25) is 0 Å². The average molecular weight is 258 g/mol. The van der Waals surface area contributed by atoms with E-state index in [1.54, 1.807) is 11.8 Å². The van der Waals surface area contributed by atoms with Gasteiger partial charge in [-0.2, -0.15) is 0 Å². The Hall–Kier alpha value is -0.810. The summed E-state index contributed by atoms with van der Waals surface area (Å²) >= 11 is 0. The van der Waals surface area contributed by atoms with Gasteiger partial charge in [0.05, 0.1) is 6.10 Å². The average Bonchev–Trinajstić information content (AvgIpc) is 2.54. The molecule has 1 heterocycles. The predicted octanol–water partition coefficient (Wildman–Crippen LogP) is 1.35. The van der Waals surface area contributed by atoms with Crippen LogP contribution >= 0.6 is 0 Å². The van der Waals surface area contributed by atoms with Gasteiger partial charge in [-0.1, -0.05) is 0 Å². The number of likely N-dealkylation sites (tertiary alicyclic amines) is 1. The number of hydrogen-bond donors (Lipinski definition) is 2. The van der Waals surface area contributed by atoms with Gasteiger partial charge in [0.1, 0.15) is 5.60 Å². The Bertz CT molecular complexity index is 286. The minimum atomic E-state index is -0.456. The van der Waals surface area contributed by atoms with Gasteiger partial charge < -0.3 is 20.1 Å². The second-order valence-electron chi connectivity index (χ2n) is 6.07. The van der Waals surface area contributed by atoms with E-state index in [4.69, 9.17) is 4.74 Å². The molecule has 0 aromatic rings. The van der Waals surface area contributed by atoms with Crippen molar-refractivity contribution in [3.05, 3.63) is 0 Å². The summed E-state index contributed by atoms with van der Waals surface area (Å²) in [4.78, 5) is 13.7. The summed E-state index contributed by atoms with van der Waals surface area (Å²) < 4.78 is 5.38. The minimum Gasteiger partial charge on any atom is -0.444 e. The zero-order valence-corrected chi connectivity index (χ0v) is 12.1. The van der Waals surface area contributed by atoms with Crippen LogP contribution in [0.3, 0.4) is 0 Å². The first-order valence-corrected chi connectivity index (χ1v) is 6.62. The molecule has 1 aliphatic rings. The third kappa shape index (κ3) is 4.46. The van der Waals surface area contributed by atoms with Crippen LogP contribution in [-0.4, -0.2) is 53.0 Å². The third-order valence-electron chi connectivity index (χ3n) is 3.06. The van der Waals surface area contributed by atoms with Crippen molar-refractivity contribution in [2.24, 2.45) is 0 Å². The molecule has 0 aliphatic carbocycles. The number of carbonyl (C=O) groups is 1. The summed E-state index contributed by atoms with van der Waals surface area (Å²) in [5.41, 5.74) is -0.456. The SMILES string of the molecule is CC(O)CNC1CCN(C(=O)OC(C)(C)C)C1C. The number of carbonyl (C=O) groups excluding carboxylic acids is 1. The molecule has 2 N–H and O–H groups in total. The maximum absolute atomic E-state index is 12.0. The highest BCUT2D eigenvalue weighted by atomic mass is 16.6. The maximum atomic E-state index is 12.0. The molecule has 0 spiro atoms. The van der Waals surface area contributed by atoms with E-state index in [2.05, 4.69) is 5.32 Å². The second-order valence-corrected chi connectivity index (χ2v) is 6.07. The van der Waals surface area contributed by atoms with Gasteiger partial charge in [0.15, 0.2) is 0 Å². The monoisotopic (exact) mass is 258 g/mol. The van der Waals surface area contributed by atoms with Gasteiger partial charge in [0, 0.05) is 25.2 Å². The summed E-state index contributed by atoms with van der Waals surface area (Å²) in [5, 5.41) is 12.5. The Morgan fingerprint density at radius 3 is 2.67 bits per heavy atom. The molecule has 0 bridgehead atoms. The fourth-order valence-electron chi connectivity index (χ4n) is 2.11. The van der Waals surface area contributed by atoms with E-state index in [0.29, 0.717) is 13.1 Å². The summed E-state index contributed by atoms with van der Waals surface area (Å²) in [6.07, 6.45) is 0.275. The standard InChI is InChI=1S/C13H26N2O3/c1-9(16)8-14-11-6-7-15(10(11)2)12(17)18-13(3,4)5/h9-11,14,16H,6-8H2,1-5H3. The van der Waals surface area contributed by atoms with Gasteiger partial charge in [0.25, 0.3) is 0 Å². The molecule has 1 saturated heterocycles. The van der Waals surface area contributed by atoms with Crippen molar-refractivity contribution in [3.63, 3.8) is 0 Å². The molecular weight excluding hydrogens is 232 g/mol. The smallest absolute Gasteiger partial charge is 0.410 e. The molecule has 0 radical (unpaired) electrons. The van der Waals surface area contributed by atoms with Crippen molar-refractivity contribution in [2.45, 2.75) is 64.8 Å². The maximum Gasteiger partial charge on any atom is 0.410 e. The van der Waals surface area contributed by atoms with E-state index in [1.807, 2.05) is 27.7 Å². The van der Waals surface area contributed by atoms with Crippen molar-refractivity contribution in [1.82, 2.24) is 10.2 Å². The van der Waals surface area contributed by atoms with Crippen molar-refractivity contribution in [1.29, 1.82) is 0 Å². The van der Waals surface area contributed by atoms with Crippen molar-refractivity contribution >= 4 is 6.09 Å². The number of hydrogen-bond acceptors (Lipinski definition) is 4. The molecule has 0 aromatic heterocycles. The van der Waals surface area contributed by atoms with E-state index in [-0.39, 0.29) is 24.3 Å². The van der Waals surface area contributed by atoms with Crippen LogP contribution < -0.4 is 5.32 Å². The summed E-state index contributed by atoms with van der Waals surface area (Å²) in [5.74, 6) is 0. The third-order valence-corrected chi connectivity index (χ3v) is 3.06. The fraction of sp³-hybridized carbons (Fsp3) is 0.923. The highest BCUT2D eigenvalue weighted by Gasteiger charge is 2.35. The molecule has 1 fully saturated rings. The van der Waals surface area contributed by atoms with Gasteiger partial charge >= 0.3 is 6.09 Å². The summed E-state index contributed by atoms with van der Waals surface area (Å²) in [6.45, 7) is 10.6. The Labute approximate surface area is 109 Å². The van der Waals surface area contributed by atoms with Crippen LogP contribution in [0.2, 0.25) is 0 Å². The van der Waals surface area contributed by atoms with E-state index >= 15 is 0 Å². The number of aliphatic hydroxyl groups excluding tert-OH is 1. The molecule has 106 valence electrons. The molecular formula is C13H26N2O3. The summed E-state index contributed by atoms with van der Waals surface area (Å²) in [7, 11) is 0. The van der Waals surface area contributed by atoms with Gasteiger partial charge in [-0.3, -0.25) is 0 Å². The highest BCUT2D eigenvalue weighted by molar-refractivity contribution is 5.69. The van der Waals surface area contributed by atoms with E-state index in [9.17, 15) is 9.90 Å². The normalized spacial score (nSPS) is 26.2. The quantitative estimate of drug-likeness (QED) is 0.802. The Morgan fingerprint density at radius 1 is 1.56 bits per heavy atom. The lowest BCUT2D eigenvalue weighted by atomic mass is 10.1. The molecule has 3 atom stereocenters. The van der Waals surface area contributed by atoms with Crippen LogP contribution in [0, 0.1) is 0 Å². The van der Waals surface area contributed by atoms with E-state index in [1.165, 1.54) is 0 Å². The van der Waals surface area contributed by atoms with Crippen LogP contribution in [0.1, 0.15) is 41.0 Å². The first kappa shape index (κ1) is 15.2. The van der Waals surface area contributed by atoms with Gasteiger partial charge in [-0.05, 0) is 41.0 Å². The number of nitrogens with zero attached hydrogens (tertiary/aromatic N) is 1. The van der Waals surface area contributed by atoms with Crippen LogP contribution in [0.5, 0.6) is 0 Å². The van der Waals surface area contributed by atoms with Crippen LogP contribution in [0.15, 0.2) is 0 Å². The molecule has 0 aromatic carbocycles. The van der Waals surface area contributed by atoms with Gasteiger partial charge in [-0.25, -0.2) is 4.79 Å². The minimum absolute atomic E-state index is 0.0959. The molecule has 0 saturated carbocycles. The first-order chi connectivity index (χ1) is 8.20. The lowest BCUT2D eigenvalue weighted by Gasteiger charge is -2.28. The second kappa shape index (κ2) is 5.89. The Balaban J connectivity index is 2.48. The molecule has 3 unspecified atom stereocenters. The molecule has 18 heavy (non-hydrogen) atoms. The number of aliphatic hydroxyl groups is 1. The zero-order valence-electron chi connectivity index (χ0n) is 12.1. The molecule has 5 nitrogen and oxygen atoms in total. The lowest BCUT2D eigenvalue weighted by Crippen LogP contribution is -2.46. The zero-order chi connectivity index (χ0) is 13.9. The summed E-state index contributed by atoms with van der Waals surface area (Å²) in [6, 6.07) is 0.325. The number of nitrogens with one attached hydrogen (secondary N) is 1. The van der Waals surface area contributed by atoms with Crippen LogP contribution in [0.25, 0.3) is 0 Å². The van der Waals surface area contributed by atoms with E-state index < -0.39 is 5.60 Å². The van der Waals surface area contributed by atoms with Gasteiger partial charge in [-0.15, -0.1) is 0 Å². The Kier molecular flexibility index (Phi) is 4.99. The molecule has 1 amide bonds. The van der Waals surface area contributed by atoms with Crippen molar-refractivity contribution in [3.8, 4) is 0 Å². The first-order valence-electron chi connectivity index (χ1n) is 6.62. The largest absolute Gasteiger partial charge is 0.444 e. The lowest BCUT2D eigenvalue weighted by molar-refractivity contribution is 0.0228. The predicted molar refractivity (Wildman–Crippen MR) is 70.5 cm³/mol. The molecule has 1 aliphatic heterocycles. The number of rotatable bonds is 3.